The molecular formula is C13H20O2. The number of allylic oxidation sites excluding steroid dienone is 3. The predicted molar refractivity (Wildman–Crippen MR) is 63.6 cm³/mol. The largest absolute Gasteiger partial charge is 0.462 e. The van der Waals surface area contributed by atoms with E-state index >= 15 is 0 Å². The fourth-order valence-electron chi connectivity index (χ4n) is 0.907. The summed E-state index contributed by atoms with van der Waals surface area (Å²) in [6.07, 6.45) is 7.22. The van der Waals surface area contributed by atoms with Crippen LogP contribution in [0, 0.1) is 0 Å². The molecule has 0 aromatic heterocycles. The number of unbranched alkanes of at least 4 members (excludes halogenated alkanes) is 1. The molecule has 0 aliphatic rings. The molecule has 0 N–H and O–H groups in total. The summed E-state index contributed by atoms with van der Waals surface area (Å²) < 4.78 is 5.08. The molecule has 15 heavy (non-hydrogen) atoms. The third-order valence-electron chi connectivity index (χ3n) is 1.83. The lowest BCUT2D eigenvalue weighted by Crippen LogP contribution is -2.07. The molecule has 0 aromatic rings. The Labute approximate surface area is 92.3 Å². The summed E-state index contributed by atoms with van der Waals surface area (Å²) in [4.78, 5) is 11.5. The van der Waals surface area contributed by atoms with Gasteiger partial charge in [-0.15, -0.1) is 0 Å². The topological polar surface area (TPSA) is 26.3 Å². The zero-order chi connectivity index (χ0) is 11.7. The van der Waals surface area contributed by atoms with E-state index in [0.29, 0.717) is 12.2 Å². The van der Waals surface area contributed by atoms with E-state index in [2.05, 4.69) is 13.5 Å². The van der Waals surface area contributed by atoms with Crippen molar-refractivity contribution in [2.24, 2.45) is 0 Å². The molecule has 0 aliphatic heterocycles. The van der Waals surface area contributed by atoms with E-state index in [-0.39, 0.29) is 5.97 Å². The lowest BCUT2D eigenvalue weighted by atomic mass is 10.2. The van der Waals surface area contributed by atoms with Crippen molar-refractivity contribution < 1.29 is 9.53 Å². The number of ether oxygens (including phenoxy) is 1. The SMILES string of the molecule is C=C(C)/C=C\C(=C/C)C(=O)OCCCC. The van der Waals surface area contributed by atoms with Gasteiger partial charge in [0, 0.05) is 0 Å². The van der Waals surface area contributed by atoms with E-state index in [0.717, 1.165) is 18.4 Å². The monoisotopic (exact) mass is 208 g/mol. The quantitative estimate of drug-likeness (QED) is 0.289. The first-order valence-corrected chi connectivity index (χ1v) is 5.28. The van der Waals surface area contributed by atoms with Gasteiger partial charge in [0.1, 0.15) is 0 Å². The molecule has 0 saturated carbocycles. The Kier molecular flexibility index (Phi) is 7.33. The summed E-state index contributed by atoms with van der Waals surface area (Å²) in [5, 5.41) is 0. The molecule has 0 fully saturated rings. The van der Waals surface area contributed by atoms with Crippen LogP contribution in [-0.4, -0.2) is 12.6 Å². The smallest absolute Gasteiger partial charge is 0.337 e. The molecule has 0 spiro atoms. The number of hydrogen-bond donors (Lipinski definition) is 0. The number of rotatable bonds is 6. The highest BCUT2D eigenvalue weighted by atomic mass is 16.5. The summed E-state index contributed by atoms with van der Waals surface area (Å²) in [5.41, 5.74) is 1.49. The summed E-state index contributed by atoms with van der Waals surface area (Å²) >= 11 is 0. The molecule has 0 saturated heterocycles. The predicted octanol–water partition coefficient (Wildman–Crippen LogP) is 3.41. The van der Waals surface area contributed by atoms with Crippen molar-refractivity contribution in [2.45, 2.75) is 33.6 Å². The van der Waals surface area contributed by atoms with Gasteiger partial charge < -0.3 is 4.74 Å². The lowest BCUT2D eigenvalue weighted by Gasteiger charge is -2.03. The second-order valence-electron chi connectivity index (χ2n) is 3.41. The van der Waals surface area contributed by atoms with Crippen LogP contribution in [-0.2, 0) is 9.53 Å². The van der Waals surface area contributed by atoms with Crippen LogP contribution in [0.2, 0.25) is 0 Å². The van der Waals surface area contributed by atoms with E-state index in [1.165, 1.54) is 0 Å². The van der Waals surface area contributed by atoms with Crippen LogP contribution in [0.5, 0.6) is 0 Å². The van der Waals surface area contributed by atoms with Crippen molar-refractivity contribution in [3.63, 3.8) is 0 Å². The van der Waals surface area contributed by atoms with Crippen molar-refractivity contribution in [2.75, 3.05) is 6.61 Å². The van der Waals surface area contributed by atoms with Crippen LogP contribution in [0.4, 0.5) is 0 Å². The van der Waals surface area contributed by atoms with Crippen molar-refractivity contribution in [1.82, 2.24) is 0 Å². The van der Waals surface area contributed by atoms with E-state index in [1.54, 1.807) is 18.2 Å². The maximum Gasteiger partial charge on any atom is 0.337 e. The van der Waals surface area contributed by atoms with Gasteiger partial charge in [-0.05, 0) is 26.3 Å². The molecule has 0 atom stereocenters. The molecule has 0 bridgehead atoms. The molecule has 0 aromatic carbocycles. The minimum atomic E-state index is -0.261. The molecule has 0 unspecified atom stereocenters. The van der Waals surface area contributed by atoms with Gasteiger partial charge in [-0.3, -0.25) is 0 Å². The van der Waals surface area contributed by atoms with E-state index in [1.807, 2.05) is 13.8 Å². The summed E-state index contributed by atoms with van der Waals surface area (Å²) in [6, 6.07) is 0. The van der Waals surface area contributed by atoms with E-state index in [4.69, 9.17) is 4.74 Å². The first-order chi connectivity index (χ1) is 7.11. The minimum Gasteiger partial charge on any atom is -0.462 e. The summed E-state index contributed by atoms with van der Waals surface area (Å²) in [5.74, 6) is -0.261. The molecule has 0 aliphatic carbocycles. The minimum absolute atomic E-state index is 0.261. The van der Waals surface area contributed by atoms with E-state index < -0.39 is 0 Å². The lowest BCUT2D eigenvalue weighted by molar-refractivity contribution is -0.138. The van der Waals surface area contributed by atoms with Gasteiger partial charge in [0.25, 0.3) is 0 Å². The molecule has 0 heterocycles. The van der Waals surface area contributed by atoms with Crippen molar-refractivity contribution in [3.05, 3.63) is 36.0 Å². The van der Waals surface area contributed by atoms with Crippen LogP contribution < -0.4 is 0 Å². The van der Waals surface area contributed by atoms with Gasteiger partial charge >= 0.3 is 5.97 Å². The zero-order valence-corrected chi connectivity index (χ0v) is 9.88. The fraction of sp³-hybridized carbons (Fsp3) is 0.462. The Bertz CT molecular complexity index is 272. The third-order valence-corrected chi connectivity index (χ3v) is 1.83. The highest BCUT2D eigenvalue weighted by Gasteiger charge is 2.05. The Hall–Kier alpha value is -1.31. The van der Waals surface area contributed by atoms with Gasteiger partial charge in [0.15, 0.2) is 0 Å². The van der Waals surface area contributed by atoms with Crippen LogP contribution in [0.25, 0.3) is 0 Å². The van der Waals surface area contributed by atoms with Gasteiger partial charge in [-0.25, -0.2) is 4.79 Å². The van der Waals surface area contributed by atoms with Gasteiger partial charge in [0.05, 0.1) is 12.2 Å². The van der Waals surface area contributed by atoms with Crippen LogP contribution in [0.1, 0.15) is 33.6 Å². The Morgan fingerprint density at radius 2 is 2.07 bits per heavy atom. The highest BCUT2D eigenvalue weighted by Crippen LogP contribution is 2.03. The zero-order valence-electron chi connectivity index (χ0n) is 9.88. The van der Waals surface area contributed by atoms with Crippen LogP contribution >= 0.6 is 0 Å². The highest BCUT2D eigenvalue weighted by molar-refractivity contribution is 5.91. The maximum absolute atomic E-state index is 11.5. The van der Waals surface area contributed by atoms with Gasteiger partial charge in [0.2, 0.25) is 0 Å². The van der Waals surface area contributed by atoms with Crippen molar-refractivity contribution >= 4 is 5.97 Å². The average Bonchev–Trinajstić information content (AvgIpc) is 2.18. The molecule has 2 heteroatoms. The fourth-order valence-corrected chi connectivity index (χ4v) is 0.907. The molecule has 84 valence electrons. The second-order valence-corrected chi connectivity index (χ2v) is 3.41. The number of hydrogen-bond acceptors (Lipinski definition) is 2. The van der Waals surface area contributed by atoms with Crippen LogP contribution in [0.15, 0.2) is 36.0 Å². The Balaban J connectivity index is 4.18. The molecule has 0 radical (unpaired) electrons. The third kappa shape index (κ3) is 6.72. The van der Waals surface area contributed by atoms with E-state index in [9.17, 15) is 4.79 Å². The molecule has 0 rings (SSSR count). The van der Waals surface area contributed by atoms with Gasteiger partial charge in [-0.1, -0.05) is 37.6 Å². The van der Waals surface area contributed by atoms with Crippen LogP contribution in [0.3, 0.4) is 0 Å². The molecular weight excluding hydrogens is 188 g/mol. The van der Waals surface area contributed by atoms with Crippen molar-refractivity contribution in [1.29, 1.82) is 0 Å². The summed E-state index contributed by atoms with van der Waals surface area (Å²) in [6.45, 7) is 9.98. The van der Waals surface area contributed by atoms with Crippen molar-refractivity contribution in [3.8, 4) is 0 Å². The number of carbonyl (C=O) groups excluding carboxylic acids is 1. The first kappa shape index (κ1) is 13.7. The summed E-state index contributed by atoms with van der Waals surface area (Å²) in [7, 11) is 0. The number of esters is 1. The average molecular weight is 208 g/mol. The Morgan fingerprint density at radius 1 is 1.40 bits per heavy atom. The Morgan fingerprint density at radius 3 is 2.53 bits per heavy atom. The first-order valence-electron chi connectivity index (χ1n) is 5.28. The maximum atomic E-state index is 11.5. The standard InChI is InChI=1S/C13H20O2/c1-5-7-10-15-13(14)12(6-2)9-8-11(3)4/h6,8-9H,3,5,7,10H2,1-2,4H3/b9-8-,12-6+. The second kappa shape index (κ2) is 8.04. The molecule has 0 amide bonds. The number of carbonyl (C=O) groups is 1. The van der Waals surface area contributed by atoms with Gasteiger partial charge in [-0.2, -0.15) is 0 Å². The normalized spacial score (nSPS) is 11.8. The molecule has 2 nitrogen and oxygen atoms in total.